The number of carbonyl (C=O) groups excluding carboxylic acids is 1. The Morgan fingerprint density at radius 3 is 2.46 bits per heavy atom. The number of nitrogens with one attached hydrogen (secondary N) is 1. The van der Waals surface area contributed by atoms with Crippen LogP contribution in [0, 0.1) is 6.92 Å². The molecule has 0 atom stereocenters. The molecule has 0 bridgehead atoms. The molecule has 1 N–H and O–H groups in total. The first-order chi connectivity index (χ1) is 12.6. The van der Waals surface area contributed by atoms with Crippen LogP contribution in [0.15, 0.2) is 12.1 Å². The Hall–Kier alpha value is -1.66. The van der Waals surface area contributed by atoms with Crippen LogP contribution in [0.2, 0.25) is 0 Å². The van der Waals surface area contributed by atoms with Gasteiger partial charge in [-0.25, -0.2) is 4.98 Å². The average Bonchev–Trinajstić information content (AvgIpc) is 2.88. The minimum Gasteiger partial charge on any atom is -0.475 e. The third kappa shape index (κ3) is 5.68. The summed E-state index contributed by atoms with van der Waals surface area (Å²) in [6.45, 7) is 7.96. The van der Waals surface area contributed by atoms with Crippen LogP contribution in [0.5, 0.6) is 5.88 Å². The zero-order chi connectivity index (χ0) is 18.8. The van der Waals surface area contributed by atoms with Crippen molar-refractivity contribution in [3.8, 4) is 5.88 Å². The summed E-state index contributed by atoms with van der Waals surface area (Å²) in [6, 6.07) is 3.61. The lowest BCUT2D eigenvalue weighted by atomic mass is 9.92. The second-order valence-electron chi connectivity index (χ2n) is 6.62. The minimum atomic E-state index is -0.718. The van der Waals surface area contributed by atoms with E-state index >= 15 is 0 Å². The topological polar surface area (TPSA) is 69.7 Å². The van der Waals surface area contributed by atoms with Crippen molar-refractivity contribution in [1.82, 2.24) is 4.98 Å². The van der Waals surface area contributed by atoms with Gasteiger partial charge in [0, 0.05) is 19.3 Å². The zero-order valence-electron chi connectivity index (χ0n) is 16.3. The Morgan fingerprint density at radius 2 is 1.85 bits per heavy atom. The smallest absolute Gasteiger partial charge is 0.256 e. The first-order valence-corrected chi connectivity index (χ1v) is 9.75. The molecular weight excluding hydrogens is 332 g/mol. The molecule has 1 aliphatic rings. The van der Waals surface area contributed by atoms with Crippen LogP contribution in [0.3, 0.4) is 0 Å². The Balaban J connectivity index is 2.02. The van der Waals surface area contributed by atoms with Gasteiger partial charge in [0.25, 0.3) is 5.91 Å². The molecule has 1 amide bonds. The second-order valence-corrected chi connectivity index (χ2v) is 6.62. The molecule has 1 aromatic heterocycles. The molecule has 26 heavy (non-hydrogen) atoms. The fourth-order valence-electron chi connectivity index (χ4n) is 3.35. The minimum absolute atomic E-state index is 0.0591. The number of ether oxygens (including phenoxy) is 3. The van der Waals surface area contributed by atoms with E-state index in [-0.39, 0.29) is 5.91 Å². The highest BCUT2D eigenvalue weighted by Crippen LogP contribution is 2.32. The van der Waals surface area contributed by atoms with E-state index in [0.29, 0.717) is 38.0 Å². The molecule has 146 valence electrons. The van der Waals surface area contributed by atoms with Gasteiger partial charge < -0.3 is 19.5 Å². The Morgan fingerprint density at radius 1 is 1.12 bits per heavy atom. The number of anilines is 1. The second kappa shape index (κ2) is 10.5. The lowest BCUT2D eigenvalue weighted by molar-refractivity contribution is -0.143. The summed E-state index contributed by atoms with van der Waals surface area (Å²) in [5.74, 6) is 0.477. The summed E-state index contributed by atoms with van der Waals surface area (Å²) in [5.41, 5.74) is 0.715. The monoisotopic (exact) mass is 364 g/mol. The van der Waals surface area contributed by atoms with E-state index in [1.165, 1.54) is 0 Å². The Bertz CT molecular complexity index is 569. The molecule has 0 aromatic carbocycles. The van der Waals surface area contributed by atoms with Gasteiger partial charge in [0.15, 0.2) is 0 Å². The van der Waals surface area contributed by atoms with Gasteiger partial charge in [0.2, 0.25) is 5.88 Å². The predicted molar refractivity (Wildman–Crippen MR) is 102 cm³/mol. The Labute approximate surface area is 156 Å². The first-order valence-electron chi connectivity index (χ1n) is 9.75. The van der Waals surface area contributed by atoms with Gasteiger partial charge in [0.1, 0.15) is 12.2 Å². The maximum Gasteiger partial charge on any atom is 0.256 e. The van der Waals surface area contributed by atoms with Crippen molar-refractivity contribution < 1.29 is 19.0 Å². The van der Waals surface area contributed by atoms with E-state index in [2.05, 4.69) is 10.3 Å². The predicted octanol–water partition coefficient (Wildman–Crippen LogP) is 3.87. The van der Waals surface area contributed by atoms with Crippen molar-refractivity contribution in [2.75, 3.05) is 31.7 Å². The highest BCUT2D eigenvalue weighted by atomic mass is 16.5. The van der Waals surface area contributed by atoms with E-state index in [1.807, 2.05) is 26.8 Å². The van der Waals surface area contributed by atoms with Gasteiger partial charge in [-0.3, -0.25) is 4.79 Å². The number of carbonyl (C=O) groups is 1. The third-order valence-electron chi connectivity index (χ3n) is 4.74. The van der Waals surface area contributed by atoms with Crippen LogP contribution in [-0.2, 0) is 14.3 Å². The van der Waals surface area contributed by atoms with Gasteiger partial charge in [-0.05, 0) is 39.7 Å². The normalized spacial score (nSPS) is 16.7. The molecule has 1 aliphatic carbocycles. The van der Waals surface area contributed by atoms with E-state index < -0.39 is 5.60 Å². The van der Waals surface area contributed by atoms with Gasteiger partial charge in [-0.2, -0.15) is 0 Å². The lowest BCUT2D eigenvalue weighted by Crippen LogP contribution is -2.45. The van der Waals surface area contributed by atoms with E-state index in [9.17, 15) is 4.79 Å². The van der Waals surface area contributed by atoms with Gasteiger partial charge in [-0.1, -0.05) is 25.7 Å². The zero-order valence-corrected chi connectivity index (χ0v) is 16.3. The quantitative estimate of drug-likeness (QED) is 0.532. The van der Waals surface area contributed by atoms with Crippen molar-refractivity contribution in [1.29, 1.82) is 0 Å². The summed E-state index contributed by atoms with van der Waals surface area (Å²) >= 11 is 0. The van der Waals surface area contributed by atoms with Crippen molar-refractivity contribution in [3.63, 3.8) is 0 Å². The van der Waals surface area contributed by atoms with Gasteiger partial charge in [-0.15, -0.1) is 0 Å². The maximum atomic E-state index is 13.0. The summed E-state index contributed by atoms with van der Waals surface area (Å²) in [4.78, 5) is 17.4. The average molecular weight is 364 g/mol. The fraction of sp³-hybridized carbons (Fsp3) is 0.700. The van der Waals surface area contributed by atoms with E-state index in [0.717, 1.165) is 44.2 Å². The number of aromatic nitrogens is 1. The van der Waals surface area contributed by atoms with E-state index in [1.54, 1.807) is 6.07 Å². The number of rotatable bonds is 9. The molecule has 1 fully saturated rings. The molecule has 0 radical (unpaired) electrons. The Kier molecular flexibility index (Phi) is 8.32. The molecule has 0 unspecified atom stereocenters. The highest BCUT2D eigenvalue weighted by molar-refractivity contribution is 5.97. The van der Waals surface area contributed by atoms with Crippen molar-refractivity contribution in [2.45, 2.75) is 64.9 Å². The molecule has 0 saturated heterocycles. The molecule has 0 aliphatic heterocycles. The van der Waals surface area contributed by atoms with Crippen LogP contribution < -0.4 is 10.1 Å². The van der Waals surface area contributed by atoms with Gasteiger partial charge in [0.05, 0.1) is 18.0 Å². The highest BCUT2D eigenvalue weighted by Gasteiger charge is 2.39. The van der Waals surface area contributed by atoms with Gasteiger partial charge >= 0.3 is 0 Å². The van der Waals surface area contributed by atoms with Crippen LogP contribution >= 0.6 is 0 Å². The first kappa shape index (κ1) is 20.6. The molecule has 2 rings (SSSR count). The van der Waals surface area contributed by atoms with E-state index in [4.69, 9.17) is 14.2 Å². The summed E-state index contributed by atoms with van der Waals surface area (Å²) in [6.07, 6.45) is 5.93. The third-order valence-corrected chi connectivity index (χ3v) is 4.74. The summed E-state index contributed by atoms with van der Waals surface area (Å²) in [5, 5.41) is 3.03. The molecular formula is C20H32N2O4. The fourth-order valence-corrected chi connectivity index (χ4v) is 3.35. The molecule has 1 aromatic rings. The summed E-state index contributed by atoms with van der Waals surface area (Å²) < 4.78 is 16.8. The van der Waals surface area contributed by atoms with Crippen molar-refractivity contribution >= 4 is 11.6 Å². The van der Waals surface area contributed by atoms with Crippen LogP contribution in [-0.4, -0.2) is 42.9 Å². The number of hydrogen-bond acceptors (Lipinski definition) is 5. The number of pyridine rings is 1. The largest absolute Gasteiger partial charge is 0.475 e. The number of amides is 1. The SMILES string of the molecule is CCOCCOc1ccc(NC(=O)C2(OCC)CCCCCC2)c(C)n1. The number of hydrogen-bond donors (Lipinski definition) is 1. The van der Waals surface area contributed by atoms with Crippen molar-refractivity contribution in [3.05, 3.63) is 17.8 Å². The molecule has 0 spiro atoms. The van der Waals surface area contributed by atoms with Crippen LogP contribution in [0.25, 0.3) is 0 Å². The van der Waals surface area contributed by atoms with Crippen LogP contribution in [0.4, 0.5) is 5.69 Å². The van der Waals surface area contributed by atoms with Crippen molar-refractivity contribution in [2.24, 2.45) is 0 Å². The van der Waals surface area contributed by atoms with Crippen LogP contribution in [0.1, 0.15) is 58.1 Å². The summed E-state index contributed by atoms with van der Waals surface area (Å²) in [7, 11) is 0. The number of aryl methyl sites for hydroxylation is 1. The lowest BCUT2D eigenvalue weighted by Gasteiger charge is -2.31. The molecule has 1 heterocycles. The number of nitrogens with zero attached hydrogens (tertiary/aromatic N) is 1. The molecule has 6 heteroatoms. The molecule has 6 nitrogen and oxygen atoms in total. The molecule has 1 saturated carbocycles. The maximum absolute atomic E-state index is 13.0. The standard InChI is InChI=1S/C20H32N2O4/c1-4-24-14-15-25-18-11-10-17(16(3)21-18)22-19(23)20(26-5-2)12-8-6-7-9-13-20/h10-11H,4-9,12-15H2,1-3H3,(H,22,23).